The molecule has 4 aromatic heterocycles. The zero-order valence-corrected chi connectivity index (χ0v) is 72.6. The Balaban J connectivity index is 0.000000628. The van der Waals surface area contributed by atoms with Crippen LogP contribution < -0.4 is 0 Å². The fourth-order valence-electron chi connectivity index (χ4n) is 12.1. The Labute approximate surface area is 672 Å². The van der Waals surface area contributed by atoms with Gasteiger partial charge in [-0.05, 0) is 215 Å². The number of furan rings is 3. The van der Waals surface area contributed by atoms with Crippen molar-refractivity contribution >= 4 is 45.7 Å². The fourth-order valence-corrected chi connectivity index (χ4v) is 13.9. The van der Waals surface area contributed by atoms with Crippen molar-refractivity contribution in [2.45, 2.75) is 254 Å². The minimum Gasteiger partial charge on any atom is -0.760 e. The minimum absolute atomic E-state index is 0.00598. The number of carbonyl (C=O) groups excluding carboxylic acids is 4. The second-order valence-electron chi connectivity index (χ2n) is 30.7. The van der Waals surface area contributed by atoms with Gasteiger partial charge in [-0.2, -0.15) is 0 Å². The van der Waals surface area contributed by atoms with Crippen molar-refractivity contribution < 1.29 is 45.9 Å². The summed E-state index contributed by atoms with van der Waals surface area (Å²) in [5.74, 6) is 17.1. The fraction of sp³-hybridized carbons (Fsp3) is 0.485. The molecule has 0 radical (unpaired) electrons. The third kappa shape index (κ3) is 41.7. The largest absolute Gasteiger partial charge is 0.760 e. The number of hydrogen-bond acceptors (Lipinski definition) is 11. The SMILES string of the molecule is C#CCc1ccc(CC(C)C)o1.C#CCc1ccc(CC(C)C)s1.C=C/C=C\CC1=C(C)C(C(C)C)CC1=O.C=CCC1=CC(=O)C(CC(C)C)=CC1=O.CC.CC(C)CC1=CCC=CO1.CC(C)Cc1ccc(Cc2ccco2)o1.CC(C)N(Cc1ccccc1)S(=O)[O-].CC/C=C\CC1=C(C)C(C(C)C)CC1=O. The van der Waals surface area contributed by atoms with Crippen LogP contribution in [0.4, 0.5) is 0 Å². The first kappa shape index (κ1) is 99.8. The van der Waals surface area contributed by atoms with Crippen molar-refractivity contribution in [3.63, 3.8) is 0 Å². The summed E-state index contributed by atoms with van der Waals surface area (Å²) in [6.45, 7) is 52.1. The number of ketones is 4. The molecule has 602 valence electrons. The lowest BCUT2D eigenvalue weighted by Crippen LogP contribution is -2.31. The van der Waals surface area contributed by atoms with E-state index < -0.39 is 11.3 Å². The molecule has 1 aromatic carbocycles. The van der Waals surface area contributed by atoms with E-state index >= 15 is 0 Å². The van der Waals surface area contributed by atoms with E-state index in [1.165, 1.54) is 43.8 Å². The van der Waals surface area contributed by atoms with Crippen molar-refractivity contribution in [3.8, 4) is 24.7 Å². The van der Waals surface area contributed by atoms with Gasteiger partial charge >= 0.3 is 0 Å². The summed E-state index contributed by atoms with van der Waals surface area (Å²) in [6, 6.07) is 25.8. The van der Waals surface area contributed by atoms with Gasteiger partial charge in [0, 0.05) is 83.3 Å². The number of nitrogens with zero attached hydrogens (tertiary/aromatic N) is 1. The van der Waals surface area contributed by atoms with Crippen LogP contribution in [-0.2, 0) is 80.3 Å². The highest BCUT2D eigenvalue weighted by atomic mass is 32.2. The van der Waals surface area contributed by atoms with Crippen molar-refractivity contribution in [3.05, 3.63) is 249 Å². The maximum absolute atomic E-state index is 11.8. The zero-order chi connectivity index (χ0) is 82.8. The minimum atomic E-state index is -2.15. The Morgan fingerprint density at radius 2 is 1.10 bits per heavy atom. The van der Waals surface area contributed by atoms with Gasteiger partial charge in [0.1, 0.15) is 28.8 Å². The molecule has 0 spiro atoms. The molecule has 1 aliphatic heterocycles. The lowest BCUT2D eigenvalue weighted by atomic mass is 9.90. The van der Waals surface area contributed by atoms with E-state index in [4.69, 9.17) is 30.8 Å². The highest BCUT2D eigenvalue weighted by Crippen LogP contribution is 2.37. The van der Waals surface area contributed by atoms with Crippen LogP contribution in [-0.4, -0.2) is 42.2 Å². The van der Waals surface area contributed by atoms with E-state index in [0.717, 1.165) is 121 Å². The van der Waals surface area contributed by atoms with Crippen LogP contribution in [0, 0.1) is 77.9 Å². The molecule has 0 N–H and O–H groups in total. The first-order valence-corrected chi connectivity index (χ1v) is 41.6. The van der Waals surface area contributed by atoms with Gasteiger partial charge in [0.05, 0.1) is 31.1 Å². The number of rotatable bonds is 28. The van der Waals surface area contributed by atoms with Crippen LogP contribution in [0.2, 0.25) is 0 Å². The molecular weight excluding hydrogens is 1400 g/mol. The number of carbonyl (C=O) groups is 4. The smallest absolute Gasteiger partial charge is 0.182 e. The monoisotopic (exact) mass is 1540 g/mol. The third-order valence-corrected chi connectivity index (χ3v) is 19.6. The summed E-state index contributed by atoms with van der Waals surface area (Å²) >= 11 is -0.307. The Hall–Kier alpha value is -8.17. The molecular formula is C97H136NO10S2-. The van der Waals surface area contributed by atoms with Gasteiger partial charge in [-0.1, -0.05) is 208 Å². The molecule has 0 amide bonds. The van der Waals surface area contributed by atoms with Crippen LogP contribution in [0.5, 0.6) is 0 Å². The number of Topliss-reactive ketones (excluding diaryl/α,β-unsaturated/α-hetero) is 2. The van der Waals surface area contributed by atoms with Crippen LogP contribution in [0.3, 0.4) is 0 Å². The lowest BCUT2D eigenvalue weighted by Gasteiger charge is -2.27. The van der Waals surface area contributed by atoms with E-state index in [1.54, 1.807) is 24.7 Å². The molecule has 0 fully saturated rings. The maximum Gasteiger partial charge on any atom is 0.182 e. The second kappa shape index (κ2) is 57.0. The molecule has 9 rings (SSSR count). The molecule has 0 saturated carbocycles. The highest BCUT2D eigenvalue weighted by Gasteiger charge is 2.32. The van der Waals surface area contributed by atoms with Gasteiger partial charge in [-0.25, -0.2) is 4.31 Å². The van der Waals surface area contributed by atoms with E-state index in [1.807, 2.05) is 132 Å². The number of benzene rings is 1. The maximum atomic E-state index is 11.8. The molecule has 0 bridgehead atoms. The van der Waals surface area contributed by atoms with Crippen molar-refractivity contribution in [2.75, 3.05) is 0 Å². The van der Waals surface area contributed by atoms with Gasteiger partial charge in [-0.3, -0.25) is 23.4 Å². The molecule has 3 unspecified atom stereocenters. The lowest BCUT2D eigenvalue weighted by molar-refractivity contribution is -0.116. The van der Waals surface area contributed by atoms with Gasteiger partial charge in [0.2, 0.25) is 0 Å². The summed E-state index contributed by atoms with van der Waals surface area (Å²) in [5.41, 5.74) is 6.89. The summed E-state index contributed by atoms with van der Waals surface area (Å²) in [5, 5.41) is 0. The standard InChI is InChI=1S/C14H22O.C14H20O.2C13H16O2.C11H14O.C11H14S.C10H15NO2S.C9H14O.C2H6/c2*1-5-6-7-8-12-11(4)13(10(2)3)9-14(12)15;1-10(2)8-12-5-6-13(15-12)9-11-4-3-7-14-11;1-4-5-10-7-13(15)11(6-9(2)3)8-12(10)14;2*1-4-5-10-6-7-11(12-10)8-9(2)3;1-9(2)11(14(12)13)8-10-6-4-3-5-7-10;1-8(2)7-9-5-3-4-6-10-9;1-2/h6-7,10,13H,5,8-9H2,1-4H3;5-7,10,13H,1,8-9H2,2-4H3;3-7,10H,8-9H2,1-2H3;4,7-9H,1,5-6H2,2-3H3;2*1,6-7,9H,5,8H2,2-3H3;3-7,9H,8H2,1-2H3,(H,12,13);4-6,8H,3,7H2,1-2H3;1-2H3/p-1/b2*7-6-;;;;;;;. The summed E-state index contributed by atoms with van der Waals surface area (Å²) < 4.78 is 44.9. The topological polar surface area (TPSA) is 160 Å². The van der Waals surface area contributed by atoms with Gasteiger partial charge in [0.15, 0.2) is 23.1 Å². The quantitative estimate of drug-likeness (QED) is 0.0155. The number of terminal acetylenes is 2. The molecule has 13 heteroatoms. The van der Waals surface area contributed by atoms with Crippen molar-refractivity contribution in [1.29, 1.82) is 0 Å². The second-order valence-corrected chi connectivity index (χ2v) is 32.8. The Morgan fingerprint density at radius 1 is 0.591 bits per heavy atom. The Morgan fingerprint density at radius 3 is 1.55 bits per heavy atom. The first-order valence-electron chi connectivity index (χ1n) is 39.8. The van der Waals surface area contributed by atoms with Crippen LogP contribution in [0.15, 0.2) is 218 Å². The predicted octanol–water partition coefficient (Wildman–Crippen LogP) is 25.2. The Kier molecular flexibility index (Phi) is 51.7. The number of hydrogen-bond donors (Lipinski definition) is 0. The molecule has 0 saturated heterocycles. The number of allylic oxidation sites excluding steroid dienone is 17. The Bertz CT molecular complexity index is 3820. The average Bonchev–Trinajstić information content (AvgIpc) is 1.67. The van der Waals surface area contributed by atoms with E-state index in [-0.39, 0.29) is 17.6 Å². The van der Waals surface area contributed by atoms with E-state index in [0.29, 0.717) is 102 Å². The zero-order valence-electron chi connectivity index (χ0n) is 70.9. The predicted molar refractivity (Wildman–Crippen MR) is 463 cm³/mol. The molecule has 3 atom stereocenters. The molecule has 4 aliphatic rings. The van der Waals surface area contributed by atoms with Crippen molar-refractivity contribution in [1.82, 2.24) is 4.31 Å². The third-order valence-electron chi connectivity index (χ3n) is 17.5. The van der Waals surface area contributed by atoms with Gasteiger partial charge in [0.25, 0.3) is 0 Å². The first-order chi connectivity index (χ1) is 52.3. The van der Waals surface area contributed by atoms with Crippen molar-refractivity contribution in [2.24, 2.45) is 53.3 Å². The normalized spacial score (nSPS) is 15.4. The molecule has 5 aromatic rings. The summed E-state index contributed by atoms with van der Waals surface area (Å²) in [7, 11) is 0. The molecule has 3 aliphatic carbocycles. The van der Waals surface area contributed by atoms with Crippen LogP contribution >= 0.6 is 11.3 Å². The summed E-state index contributed by atoms with van der Waals surface area (Å²) in [6.07, 6.45) is 45.1. The van der Waals surface area contributed by atoms with Crippen LogP contribution in [0.1, 0.15) is 247 Å². The van der Waals surface area contributed by atoms with E-state index in [2.05, 4.69) is 165 Å². The van der Waals surface area contributed by atoms with E-state index in [9.17, 15) is 27.9 Å². The average molecular weight is 1540 g/mol. The van der Waals surface area contributed by atoms with Crippen LogP contribution in [0.25, 0.3) is 0 Å². The number of ether oxygens (including phenoxy) is 1. The molecule has 110 heavy (non-hydrogen) atoms. The highest BCUT2D eigenvalue weighted by molar-refractivity contribution is 7.76. The number of thiophene rings is 1. The molecule has 11 nitrogen and oxygen atoms in total. The molecule has 5 heterocycles. The van der Waals surface area contributed by atoms with Gasteiger partial charge < -0.3 is 22.5 Å². The van der Waals surface area contributed by atoms with Gasteiger partial charge in [-0.15, -0.1) is 36.7 Å². The summed E-state index contributed by atoms with van der Waals surface area (Å²) in [4.78, 5) is 49.6.